The molecule has 2 aromatic rings. The van der Waals surface area contributed by atoms with Crippen molar-refractivity contribution in [2.24, 2.45) is 0 Å². The van der Waals surface area contributed by atoms with Crippen LogP contribution in [0.4, 0.5) is 0 Å². The largest absolute Gasteiger partial charge is 0.468 e. The average molecular weight is 348 g/mol. The normalized spacial score (nSPS) is 10.0. The lowest BCUT2D eigenvalue weighted by molar-refractivity contribution is -0.139. The standard InChI is InChI=1S/C16H14BrNO3/c1-21-15(19)10-18-16(20)13-8-7-12(17)9-14(13)11-5-3-2-4-6-11/h2-9H,10H2,1H3,(H,18,20). The summed E-state index contributed by atoms with van der Waals surface area (Å²) in [6.07, 6.45) is 0. The molecule has 0 atom stereocenters. The molecule has 1 amide bonds. The molecule has 0 aromatic heterocycles. The van der Waals surface area contributed by atoms with Crippen molar-refractivity contribution in [3.8, 4) is 11.1 Å². The molecule has 0 saturated carbocycles. The van der Waals surface area contributed by atoms with E-state index in [1.54, 1.807) is 12.1 Å². The van der Waals surface area contributed by atoms with Crippen molar-refractivity contribution in [1.29, 1.82) is 0 Å². The Morgan fingerprint density at radius 2 is 1.86 bits per heavy atom. The molecule has 4 nitrogen and oxygen atoms in total. The molecule has 1 N–H and O–H groups in total. The van der Waals surface area contributed by atoms with Gasteiger partial charge in [-0.1, -0.05) is 46.3 Å². The van der Waals surface area contributed by atoms with Gasteiger partial charge in [-0.15, -0.1) is 0 Å². The van der Waals surface area contributed by atoms with E-state index in [2.05, 4.69) is 26.0 Å². The third-order valence-corrected chi connectivity index (χ3v) is 3.43. The third kappa shape index (κ3) is 3.92. The Labute approximate surface area is 131 Å². The van der Waals surface area contributed by atoms with Crippen LogP contribution in [0, 0.1) is 0 Å². The first-order chi connectivity index (χ1) is 10.1. The number of halogens is 1. The summed E-state index contributed by atoms with van der Waals surface area (Å²) >= 11 is 3.41. The maximum atomic E-state index is 12.2. The summed E-state index contributed by atoms with van der Waals surface area (Å²) in [7, 11) is 1.28. The van der Waals surface area contributed by atoms with Crippen LogP contribution in [0.3, 0.4) is 0 Å². The molecular weight excluding hydrogens is 334 g/mol. The minimum absolute atomic E-state index is 0.153. The molecule has 0 radical (unpaired) electrons. The zero-order valence-corrected chi connectivity index (χ0v) is 13.0. The van der Waals surface area contributed by atoms with Crippen molar-refractivity contribution in [1.82, 2.24) is 5.32 Å². The Morgan fingerprint density at radius 1 is 1.14 bits per heavy atom. The van der Waals surface area contributed by atoms with Crippen molar-refractivity contribution < 1.29 is 14.3 Å². The van der Waals surface area contributed by atoms with E-state index in [0.29, 0.717) is 5.56 Å². The fourth-order valence-electron chi connectivity index (χ4n) is 1.89. The van der Waals surface area contributed by atoms with Crippen molar-refractivity contribution in [3.05, 3.63) is 58.6 Å². The van der Waals surface area contributed by atoms with Crippen LogP contribution < -0.4 is 5.32 Å². The fraction of sp³-hybridized carbons (Fsp3) is 0.125. The Morgan fingerprint density at radius 3 is 2.52 bits per heavy atom. The van der Waals surface area contributed by atoms with E-state index in [1.807, 2.05) is 36.4 Å². The van der Waals surface area contributed by atoms with Gasteiger partial charge in [0.25, 0.3) is 5.91 Å². The molecular formula is C16H14BrNO3. The average Bonchev–Trinajstić information content (AvgIpc) is 2.53. The predicted octanol–water partition coefficient (Wildman–Crippen LogP) is 3.02. The van der Waals surface area contributed by atoms with Crippen molar-refractivity contribution in [2.45, 2.75) is 0 Å². The highest BCUT2D eigenvalue weighted by molar-refractivity contribution is 9.10. The number of rotatable bonds is 4. The molecule has 108 valence electrons. The number of ether oxygens (including phenoxy) is 1. The maximum Gasteiger partial charge on any atom is 0.325 e. The second kappa shape index (κ2) is 7.04. The van der Waals surface area contributed by atoms with E-state index in [9.17, 15) is 9.59 Å². The van der Waals surface area contributed by atoms with E-state index in [1.165, 1.54) is 7.11 Å². The van der Waals surface area contributed by atoms with Crippen molar-refractivity contribution in [2.75, 3.05) is 13.7 Å². The first kappa shape index (κ1) is 15.3. The summed E-state index contributed by atoms with van der Waals surface area (Å²) in [5.41, 5.74) is 2.24. The van der Waals surface area contributed by atoms with Gasteiger partial charge in [-0.05, 0) is 29.3 Å². The van der Waals surface area contributed by atoms with Crippen LogP contribution in [0.5, 0.6) is 0 Å². The first-order valence-corrected chi connectivity index (χ1v) is 7.11. The minimum Gasteiger partial charge on any atom is -0.468 e. The zero-order valence-electron chi connectivity index (χ0n) is 11.4. The van der Waals surface area contributed by atoms with Gasteiger partial charge >= 0.3 is 5.97 Å². The topological polar surface area (TPSA) is 55.4 Å². The summed E-state index contributed by atoms with van der Waals surface area (Å²) in [4.78, 5) is 23.3. The Balaban J connectivity index is 2.31. The number of esters is 1. The van der Waals surface area contributed by atoms with E-state index in [0.717, 1.165) is 15.6 Å². The number of benzene rings is 2. The fourth-order valence-corrected chi connectivity index (χ4v) is 2.25. The quantitative estimate of drug-likeness (QED) is 0.865. The van der Waals surface area contributed by atoms with Crippen LogP contribution in [0.1, 0.15) is 10.4 Å². The maximum absolute atomic E-state index is 12.2. The van der Waals surface area contributed by atoms with Gasteiger partial charge in [-0.25, -0.2) is 0 Å². The number of methoxy groups -OCH3 is 1. The van der Waals surface area contributed by atoms with Crippen LogP contribution >= 0.6 is 15.9 Å². The molecule has 21 heavy (non-hydrogen) atoms. The van der Waals surface area contributed by atoms with Gasteiger partial charge < -0.3 is 10.1 Å². The van der Waals surface area contributed by atoms with E-state index in [-0.39, 0.29) is 12.5 Å². The van der Waals surface area contributed by atoms with Crippen LogP contribution in [0.25, 0.3) is 11.1 Å². The SMILES string of the molecule is COC(=O)CNC(=O)c1ccc(Br)cc1-c1ccccc1. The lowest BCUT2D eigenvalue weighted by Gasteiger charge is -2.10. The number of carbonyl (C=O) groups excluding carboxylic acids is 2. The molecule has 2 aromatic carbocycles. The number of amides is 1. The number of hydrogen-bond acceptors (Lipinski definition) is 3. The summed E-state index contributed by atoms with van der Waals surface area (Å²) in [6.45, 7) is -0.153. The molecule has 0 heterocycles. The molecule has 0 spiro atoms. The zero-order chi connectivity index (χ0) is 15.2. The summed E-state index contributed by atoms with van der Waals surface area (Å²) in [5, 5.41) is 2.55. The van der Waals surface area contributed by atoms with Crippen molar-refractivity contribution in [3.63, 3.8) is 0 Å². The molecule has 5 heteroatoms. The molecule has 0 saturated heterocycles. The molecule has 0 aliphatic rings. The van der Waals surface area contributed by atoms with Crippen LogP contribution in [-0.4, -0.2) is 25.5 Å². The first-order valence-electron chi connectivity index (χ1n) is 6.32. The monoisotopic (exact) mass is 347 g/mol. The Kier molecular flexibility index (Phi) is 5.11. The van der Waals surface area contributed by atoms with Gasteiger partial charge in [0.1, 0.15) is 6.54 Å². The second-order valence-electron chi connectivity index (χ2n) is 4.31. The molecule has 0 fully saturated rings. The number of nitrogens with one attached hydrogen (secondary N) is 1. The number of carbonyl (C=O) groups is 2. The van der Waals surface area contributed by atoms with Gasteiger partial charge in [-0.3, -0.25) is 9.59 Å². The van der Waals surface area contributed by atoms with Gasteiger partial charge in [-0.2, -0.15) is 0 Å². The summed E-state index contributed by atoms with van der Waals surface area (Å²) in [5.74, 6) is -0.798. The smallest absolute Gasteiger partial charge is 0.325 e. The molecule has 0 unspecified atom stereocenters. The highest BCUT2D eigenvalue weighted by atomic mass is 79.9. The van der Waals surface area contributed by atoms with Crippen LogP contribution in [-0.2, 0) is 9.53 Å². The molecule has 2 rings (SSSR count). The van der Waals surface area contributed by atoms with Crippen molar-refractivity contribution >= 4 is 27.8 Å². The summed E-state index contributed by atoms with van der Waals surface area (Å²) < 4.78 is 5.39. The highest BCUT2D eigenvalue weighted by Gasteiger charge is 2.14. The van der Waals surface area contributed by atoms with Gasteiger partial charge in [0.2, 0.25) is 0 Å². The molecule has 0 bridgehead atoms. The Hall–Kier alpha value is -2.14. The predicted molar refractivity (Wildman–Crippen MR) is 83.9 cm³/mol. The van der Waals surface area contributed by atoms with E-state index < -0.39 is 5.97 Å². The van der Waals surface area contributed by atoms with Gasteiger partial charge in [0, 0.05) is 10.0 Å². The Bertz CT molecular complexity index is 656. The summed E-state index contributed by atoms with van der Waals surface area (Å²) in [6, 6.07) is 15.0. The second-order valence-corrected chi connectivity index (χ2v) is 5.23. The number of hydrogen-bond donors (Lipinski definition) is 1. The lowest BCUT2D eigenvalue weighted by atomic mass is 9.99. The minimum atomic E-state index is -0.485. The molecule has 0 aliphatic carbocycles. The lowest BCUT2D eigenvalue weighted by Crippen LogP contribution is -2.30. The van der Waals surface area contributed by atoms with Crippen LogP contribution in [0.2, 0.25) is 0 Å². The van der Waals surface area contributed by atoms with E-state index >= 15 is 0 Å². The molecule has 0 aliphatic heterocycles. The van der Waals surface area contributed by atoms with E-state index in [4.69, 9.17) is 0 Å². The highest BCUT2D eigenvalue weighted by Crippen LogP contribution is 2.27. The van der Waals surface area contributed by atoms with Gasteiger partial charge in [0.15, 0.2) is 0 Å². The third-order valence-electron chi connectivity index (χ3n) is 2.93. The van der Waals surface area contributed by atoms with Gasteiger partial charge in [0.05, 0.1) is 7.11 Å². The van der Waals surface area contributed by atoms with Crippen LogP contribution in [0.15, 0.2) is 53.0 Å².